The molecule has 2 aliphatic rings. The SMILES string of the molecule is CO/N=C(\C(=O)N[C@@H]1C(=O)N2C(C(=O)O)=C(CSc3cc[n+](Nc4cccc(Cl)n4)cc3)CS[C@H]12)c1csc(N)n1. The zero-order chi connectivity index (χ0) is 29.1. The third kappa shape index (κ3) is 6.24. The molecule has 0 aromatic carbocycles. The number of carbonyl (C=O) groups excluding carboxylic acids is 2. The lowest BCUT2D eigenvalue weighted by atomic mass is 10.0. The molecule has 0 saturated carbocycles. The molecule has 212 valence electrons. The Labute approximate surface area is 250 Å². The fourth-order valence-electron chi connectivity index (χ4n) is 4.05. The molecule has 5 rings (SSSR count). The third-order valence-electron chi connectivity index (χ3n) is 5.87. The Kier molecular flexibility index (Phi) is 8.63. The lowest BCUT2D eigenvalue weighted by Crippen LogP contribution is -2.71. The molecule has 0 bridgehead atoms. The van der Waals surface area contributed by atoms with Crippen molar-refractivity contribution in [3.63, 3.8) is 0 Å². The van der Waals surface area contributed by atoms with Crippen LogP contribution in [0.25, 0.3) is 0 Å². The zero-order valence-corrected chi connectivity index (χ0v) is 24.4. The summed E-state index contributed by atoms with van der Waals surface area (Å²) in [5.41, 5.74) is 9.37. The van der Waals surface area contributed by atoms with Gasteiger partial charge in [-0.15, -0.1) is 40.3 Å². The number of nitrogen functional groups attached to an aromatic ring is 1. The topological polar surface area (TPSA) is 176 Å². The molecule has 3 aromatic heterocycles. The summed E-state index contributed by atoms with van der Waals surface area (Å²) >= 11 is 9.88. The van der Waals surface area contributed by atoms with Crippen molar-refractivity contribution in [1.29, 1.82) is 0 Å². The molecule has 17 heteroatoms. The molecule has 2 aliphatic heterocycles. The van der Waals surface area contributed by atoms with Crippen LogP contribution in [0.4, 0.5) is 10.9 Å². The number of nitrogens with two attached hydrogens (primary N) is 1. The first-order chi connectivity index (χ1) is 19.7. The summed E-state index contributed by atoms with van der Waals surface area (Å²) in [6.07, 6.45) is 3.60. The lowest BCUT2D eigenvalue weighted by molar-refractivity contribution is -0.643. The second-order valence-corrected chi connectivity index (χ2v) is 11.9. The number of aliphatic carboxylic acids is 1. The van der Waals surface area contributed by atoms with E-state index in [4.69, 9.17) is 22.2 Å². The molecule has 5 heterocycles. The van der Waals surface area contributed by atoms with E-state index in [0.717, 1.165) is 16.2 Å². The van der Waals surface area contributed by atoms with Crippen LogP contribution in [-0.2, 0) is 19.2 Å². The Morgan fingerprint density at radius 1 is 1.32 bits per heavy atom. The van der Waals surface area contributed by atoms with Gasteiger partial charge in [0.05, 0.1) is 0 Å². The molecule has 0 radical (unpaired) electrons. The van der Waals surface area contributed by atoms with Gasteiger partial charge < -0.3 is 21.0 Å². The van der Waals surface area contributed by atoms with Crippen molar-refractivity contribution in [2.75, 3.05) is 29.8 Å². The maximum atomic E-state index is 13.1. The summed E-state index contributed by atoms with van der Waals surface area (Å²) in [5.74, 6) is -1.08. The van der Waals surface area contributed by atoms with Crippen LogP contribution in [0.3, 0.4) is 0 Å². The van der Waals surface area contributed by atoms with E-state index in [2.05, 4.69) is 25.9 Å². The summed E-state index contributed by atoms with van der Waals surface area (Å²) in [6.45, 7) is 0. The minimum Gasteiger partial charge on any atom is -0.477 e. The maximum absolute atomic E-state index is 13.1. The van der Waals surface area contributed by atoms with Crippen molar-refractivity contribution >= 4 is 80.9 Å². The first-order valence-electron chi connectivity index (χ1n) is 11.8. The number of aromatic nitrogens is 3. The van der Waals surface area contributed by atoms with E-state index in [1.165, 1.54) is 35.5 Å². The number of nitrogens with one attached hydrogen (secondary N) is 2. The van der Waals surface area contributed by atoms with E-state index in [9.17, 15) is 19.5 Å². The third-order valence-corrected chi connectivity index (χ3v) is 9.19. The molecule has 0 aliphatic carbocycles. The predicted molar refractivity (Wildman–Crippen MR) is 155 cm³/mol. The number of nitrogens with zero attached hydrogens (tertiary/aromatic N) is 5. The number of hydrogen-bond donors (Lipinski definition) is 4. The minimum atomic E-state index is -1.20. The van der Waals surface area contributed by atoms with Crippen LogP contribution in [0, 0.1) is 0 Å². The molecule has 2 atom stereocenters. The average molecular weight is 634 g/mol. The van der Waals surface area contributed by atoms with Gasteiger partial charge in [0.25, 0.3) is 11.8 Å². The maximum Gasteiger partial charge on any atom is 0.352 e. The Morgan fingerprint density at radius 2 is 2.10 bits per heavy atom. The van der Waals surface area contributed by atoms with Crippen LogP contribution in [0.5, 0.6) is 0 Å². The van der Waals surface area contributed by atoms with Crippen LogP contribution < -0.4 is 21.2 Å². The summed E-state index contributed by atoms with van der Waals surface area (Å²) in [4.78, 5) is 53.3. The molecule has 2 amide bonds. The molecule has 13 nitrogen and oxygen atoms in total. The highest BCUT2D eigenvalue weighted by atomic mass is 35.5. The van der Waals surface area contributed by atoms with Gasteiger partial charge in [0.1, 0.15) is 35.1 Å². The average Bonchev–Trinajstić information content (AvgIpc) is 3.39. The molecular weight excluding hydrogens is 612 g/mol. The molecule has 1 saturated heterocycles. The first kappa shape index (κ1) is 28.7. The number of fused-ring (bicyclic) bond motifs is 1. The molecule has 5 N–H and O–H groups in total. The van der Waals surface area contributed by atoms with Gasteiger partial charge >= 0.3 is 5.97 Å². The number of pyridine rings is 2. The summed E-state index contributed by atoms with van der Waals surface area (Å²) in [5, 5.41) is 17.9. The number of carboxylic acids is 1. The number of carboxylic acid groups (broad SMARTS) is 1. The van der Waals surface area contributed by atoms with Crippen LogP contribution in [0.15, 0.2) is 69.4 Å². The van der Waals surface area contributed by atoms with Crippen molar-refractivity contribution in [3.05, 3.63) is 70.2 Å². The van der Waals surface area contributed by atoms with E-state index in [1.807, 2.05) is 12.1 Å². The predicted octanol–water partition coefficient (Wildman–Crippen LogP) is 1.82. The summed E-state index contributed by atoms with van der Waals surface area (Å²) < 4.78 is 1.71. The highest BCUT2D eigenvalue weighted by Crippen LogP contribution is 2.41. The number of carbonyl (C=O) groups is 3. The Morgan fingerprint density at radius 3 is 2.76 bits per heavy atom. The number of thiazole rings is 1. The number of amides is 2. The summed E-state index contributed by atoms with van der Waals surface area (Å²) in [6, 6.07) is 8.07. The summed E-state index contributed by atoms with van der Waals surface area (Å²) in [7, 11) is 1.28. The highest BCUT2D eigenvalue weighted by molar-refractivity contribution is 8.01. The van der Waals surface area contributed by atoms with E-state index in [-0.39, 0.29) is 22.2 Å². The van der Waals surface area contributed by atoms with Crippen LogP contribution in [0.2, 0.25) is 5.15 Å². The number of thioether (sulfide) groups is 2. The van der Waals surface area contributed by atoms with Gasteiger partial charge in [-0.3, -0.25) is 14.5 Å². The molecular formula is C24H22ClN8O5S3+. The van der Waals surface area contributed by atoms with E-state index in [1.54, 1.807) is 40.6 Å². The van der Waals surface area contributed by atoms with Crippen molar-refractivity contribution in [1.82, 2.24) is 20.2 Å². The molecule has 1 fully saturated rings. The van der Waals surface area contributed by atoms with Crippen LogP contribution in [0.1, 0.15) is 5.69 Å². The van der Waals surface area contributed by atoms with Gasteiger partial charge in [-0.25, -0.2) is 14.8 Å². The van der Waals surface area contributed by atoms with Gasteiger partial charge in [0, 0.05) is 33.9 Å². The van der Waals surface area contributed by atoms with Gasteiger partial charge in [0.15, 0.2) is 16.7 Å². The van der Waals surface area contributed by atoms with Crippen molar-refractivity contribution in [2.45, 2.75) is 16.3 Å². The molecule has 0 unspecified atom stereocenters. The standard InChI is InChI=1S/C24H21ClN8O5S3/c1-38-31-17(14-11-41-24(26)27-14)20(34)29-18-21(35)33-19(23(36)37)12(10-40-22(18)33)9-39-13-5-7-32(8-6-13)30-16-4-2-3-15(25)28-16/h2-8,11,18,22H,9-10H2,1H3,(H4-,26,27,28,29,30,34,36,37)/p+1/b31-17-/t18-,22-/m1/s1. The molecule has 41 heavy (non-hydrogen) atoms. The van der Waals surface area contributed by atoms with Gasteiger partial charge in [-0.1, -0.05) is 27.5 Å². The molecule has 3 aromatic rings. The van der Waals surface area contributed by atoms with E-state index < -0.39 is 29.2 Å². The largest absolute Gasteiger partial charge is 0.477 e. The smallest absolute Gasteiger partial charge is 0.352 e. The fourth-order valence-corrected chi connectivity index (χ4v) is 7.13. The number of anilines is 2. The number of rotatable bonds is 10. The second-order valence-electron chi connectivity index (χ2n) is 8.50. The molecule has 0 spiro atoms. The Hall–Kier alpha value is -3.86. The Balaban J connectivity index is 1.24. The normalized spacial score (nSPS) is 18.4. The monoisotopic (exact) mass is 633 g/mol. The number of β-lactam (4-membered cyclic amide) rings is 1. The van der Waals surface area contributed by atoms with Crippen molar-refractivity contribution < 1.29 is 29.0 Å². The quantitative estimate of drug-likeness (QED) is 0.0640. The highest BCUT2D eigenvalue weighted by Gasteiger charge is 2.54. The van der Waals surface area contributed by atoms with Crippen molar-refractivity contribution in [2.24, 2.45) is 5.16 Å². The van der Waals surface area contributed by atoms with Crippen molar-refractivity contribution in [3.8, 4) is 0 Å². The lowest BCUT2D eigenvalue weighted by Gasteiger charge is -2.49. The fraction of sp³-hybridized carbons (Fsp3) is 0.208. The van der Waals surface area contributed by atoms with Gasteiger partial charge in [-0.2, -0.15) is 0 Å². The first-order valence-corrected chi connectivity index (χ1v) is 15.1. The van der Waals surface area contributed by atoms with Gasteiger partial charge in [0.2, 0.25) is 12.4 Å². The van der Waals surface area contributed by atoms with E-state index in [0.29, 0.717) is 28.0 Å². The van der Waals surface area contributed by atoms with Gasteiger partial charge in [-0.05, 0) is 17.7 Å². The number of halogens is 1. The number of hydrogen-bond acceptors (Lipinski definition) is 12. The Bertz CT molecular complexity index is 1560. The van der Waals surface area contributed by atoms with Crippen LogP contribution in [-0.4, -0.2) is 73.5 Å². The van der Waals surface area contributed by atoms with Crippen LogP contribution >= 0.6 is 46.5 Å². The number of oxime groups is 1. The zero-order valence-electron chi connectivity index (χ0n) is 21.2. The second kappa shape index (κ2) is 12.3. The van der Waals surface area contributed by atoms with E-state index >= 15 is 0 Å². The minimum absolute atomic E-state index is 0.0606.